The zero-order chi connectivity index (χ0) is 24.3. The van der Waals surface area contributed by atoms with Gasteiger partial charge < -0.3 is 14.7 Å². The first kappa shape index (κ1) is 22.4. The molecule has 2 heterocycles. The van der Waals surface area contributed by atoms with Gasteiger partial charge in [0.2, 0.25) is 5.91 Å². The molecule has 2 aliphatic heterocycles. The minimum atomic E-state index is -0.151. The third-order valence-electron chi connectivity index (χ3n) is 9.07. The monoisotopic (exact) mass is 470 g/mol. The van der Waals surface area contributed by atoms with Crippen molar-refractivity contribution < 1.29 is 14.6 Å². The van der Waals surface area contributed by atoms with Crippen molar-refractivity contribution in [2.45, 2.75) is 56.2 Å². The Morgan fingerprint density at radius 2 is 2.17 bits per heavy atom. The van der Waals surface area contributed by atoms with Crippen molar-refractivity contribution in [2.24, 2.45) is 5.92 Å². The zero-order valence-corrected chi connectivity index (χ0v) is 20.6. The van der Waals surface area contributed by atoms with Crippen LogP contribution in [0, 0.1) is 12.8 Å². The van der Waals surface area contributed by atoms with Crippen LogP contribution in [0.2, 0.25) is 0 Å². The molecule has 4 aliphatic rings. The maximum Gasteiger partial charge on any atom is 0.246 e. The summed E-state index contributed by atoms with van der Waals surface area (Å²) in [4.78, 5) is 17.8. The number of amides is 1. The molecule has 0 radical (unpaired) electrons. The highest BCUT2D eigenvalue weighted by atomic mass is 16.5. The second kappa shape index (κ2) is 8.27. The van der Waals surface area contributed by atoms with Crippen molar-refractivity contribution in [3.05, 3.63) is 77.4 Å². The lowest BCUT2D eigenvalue weighted by molar-refractivity contribution is -0.135. The Hall–Kier alpha value is -3.05. The average molecular weight is 471 g/mol. The Labute approximate surface area is 207 Å². The molecular weight excluding hydrogens is 436 g/mol. The number of likely N-dealkylation sites (tertiary alicyclic amines) is 1. The first-order valence-electron chi connectivity index (χ1n) is 12.8. The van der Waals surface area contributed by atoms with Crippen molar-refractivity contribution in [2.75, 3.05) is 20.1 Å². The summed E-state index contributed by atoms with van der Waals surface area (Å²) >= 11 is 0. The predicted octanol–water partition coefficient (Wildman–Crippen LogP) is 4.47. The third kappa shape index (κ3) is 3.28. The van der Waals surface area contributed by atoms with Gasteiger partial charge in [-0.25, -0.2) is 0 Å². The lowest BCUT2D eigenvalue weighted by Gasteiger charge is -2.60. The summed E-state index contributed by atoms with van der Waals surface area (Å²) in [7, 11) is 1.91. The van der Waals surface area contributed by atoms with E-state index in [2.05, 4.69) is 36.6 Å². The van der Waals surface area contributed by atoms with Gasteiger partial charge in [-0.15, -0.1) is 6.58 Å². The van der Waals surface area contributed by atoms with Crippen molar-refractivity contribution in [3.63, 3.8) is 0 Å². The normalized spacial score (nSPS) is 30.6. The standard InChI is InChI=1S/C30H34N2O3/c1-4-15-32-16-14-30-22-10-11-23(31(3)26(34)13-8-20-7-5-6-19(2)17-20)29(30)35-28-25(33)12-9-21(27(28)30)18-24(22)32/h4-9,12-13,17,22-24,29,33H,1,10-11,14-16,18H2,2-3H3/t22-,23-,24+,29-,30-/m0/s1. The number of rotatable bonds is 5. The second-order valence-electron chi connectivity index (χ2n) is 10.8. The van der Waals surface area contributed by atoms with Crippen LogP contribution in [0.3, 0.4) is 0 Å². The molecule has 5 atom stereocenters. The van der Waals surface area contributed by atoms with Crippen LogP contribution in [-0.4, -0.2) is 59.1 Å². The van der Waals surface area contributed by atoms with Gasteiger partial charge in [0.1, 0.15) is 6.10 Å². The van der Waals surface area contributed by atoms with E-state index in [1.807, 2.05) is 36.2 Å². The average Bonchev–Trinajstić information content (AvgIpc) is 3.20. The molecule has 1 spiro atoms. The van der Waals surface area contributed by atoms with Crippen LogP contribution < -0.4 is 4.74 Å². The molecule has 35 heavy (non-hydrogen) atoms. The Kier molecular flexibility index (Phi) is 5.29. The van der Waals surface area contributed by atoms with Gasteiger partial charge in [-0.3, -0.25) is 9.69 Å². The highest BCUT2D eigenvalue weighted by molar-refractivity contribution is 5.92. The maximum absolute atomic E-state index is 13.3. The van der Waals surface area contributed by atoms with Gasteiger partial charge in [-0.1, -0.05) is 42.0 Å². The maximum atomic E-state index is 13.3. The number of aryl methyl sites for hydroxylation is 1. The van der Waals surface area contributed by atoms with E-state index in [4.69, 9.17) is 4.74 Å². The molecule has 0 unspecified atom stereocenters. The van der Waals surface area contributed by atoms with E-state index in [-0.39, 0.29) is 29.2 Å². The number of carbonyl (C=O) groups is 1. The quantitative estimate of drug-likeness (QED) is 0.518. The van der Waals surface area contributed by atoms with Crippen LogP contribution in [0.15, 0.2) is 55.1 Å². The topological polar surface area (TPSA) is 53.0 Å². The predicted molar refractivity (Wildman–Crippen MR) is 138 cm³/mol. The molecule has 6 rings (SSSR count). The van der Waals surface area contributed by atoms with E-state index in [9.17, 15) is 9.90 Å². The Balaban J connectivity index is 1.35. The van der Waals surface area contributed by atoms with E-state index in [1.165, 1.54) is 16.7 Å². The Morgan fingerprint density at radius 1 is 1.31 bits per heavy atom. The van der Waals surface area contributed by atoms with Crippen LogP contribution in [0.5, 0.6) is 11.5 Å². The lowest BCUT2D eigenvalue weighted by atomic mass is 9.51. The van der Waals surface area contributed by atoms with Crippen LogP contribution >= 0.6 is 0 Å². The summed E-state index contributed by atoms with van der Waals surface area (Å²) in [6.07, 6.45) is 9.37. The highest BCUT2D eigenvalue weighted by Crippen LogP contribution is 2.64. The van der Waals surface area contributed by atoms with Gasteiger partial charge >= 0.3 is 0 Å². The number of hydrogen-bond acceptors (Lipinski definition) is 4. The summed E-state index contributed by atoms with van der Waals surface area (Å²) in [5.74, 6) is 1.34. The summed E-state index contributed by atoms with van der Waals surface area (Å²) in [5.41, 5.74) is 4.57. The first-order valence-corrected chi connectivity index (χ1v) is 12.8. The van der Waals surface area contributed by atoms with Gasteiger partial charge in [-0.05, 0) is 68.3 Å². The molecule has 0 aromatic heterocycles. The molecule has 5 nitrogen and oxygen atoms in total. The van der Waals surface area contributed by atoms with Gasteiger partial charge in [0.05, 0.1) is 6.04 Å². The van der Waals surface area contributed by atoms with Crippen LogP contribution in [0.25, 0.3) is 6.08 Å². The van der Waals surface area contributed by atoms with Gasteiger partial charge in [-0.2, -0.15) is 0 Å². The minimum Gasteiger partial charge on any atom is -0.504 e. The molecule has 1 saturated heterocycles. The van der Waals surface area contributed by atoms with E-state index >= 15 is 0 Å². The molecule has 5 heteroatoms. The molecule has 1 amide bonds. The molecule has 182 valence electrons. The van der Waals surface area contributed by atoms with Gasteiger partial charge in [0.15, 0.2) is 11.5 Å². The number of phenolic OH excluding ortho intramolecular Hbond substituents is 1. The molecule has 2 aromatic carbocycles. The van der Waals surface area contributed by atoms with Crippen molar-refractivity contribution in [3.8, 4) is 11.5 Å². The molecule has 2 bridgehead atoms. The second-order valence-corrected chi connectivity index (χ2v) is 10.8. The zero-order valence-electron chi connectivity index (χ0n) is 20.6. The fourth-order valence-electron chi connectivity index (χ4n) is 7.61. The number of ether oxygens (including phenoxy) is 1. The Bertz CT molecular complexity index is 1220. The fraction of sp³-hybridized carbons (Fsp3) is 0.433. The number of carbonyl (C=O) groups excluding carboxylic acids is 1. The van der Waals surface area contributed by atoms with E-state index in [0.717, 1.165) is 44.3 Å². The molecule has 1 saturated carbocycles. The third-order valence-corrected chi connectivity index (χ3v) is 9.07. The van der Waals surface area contributed by atoms with Gasteiger partial charge in [0, 0.05) is 36.7 Å². The van der Waals surface area contributed by atoms with E-state index in [1.54, 1.807) is 12.1 Å². The number of phenols is 1. The van der Waals surface area contributed by atoms with Crippen LogP contribution in [0.1, 0.15) is 41.5 Å². The number of hydrogen-bond donors (Lipinski definition) is 1. The van der Waals surface area contributed by atoms with Crippen LogP contribution in [-0.2, 0) is 16.6 Å². The number of aromatic hydroxyl groups is 1. The summed E-state index contributed by atoms with van der Waals surface area (Å²) in [6, 6.07) is 12.4. The number of nitrogens with zero attached hydrogens (tertiary/aromatic N) is 2. The summed E-state index contributed by atoms with van der Waals surface area (Å²) < 4.78 is 6.66. The molecule has 2 fully saturated rings. The van der Waals surface area contributed by atoms with Crippen molar-refractivity contribution in [1.82, 2.24) is 9.80 Å². The molecule has 2 aliphatic carbocycles. The van der Waals surface area contributed by atoms with Crippen molar-refractivity contribution in [1.29, 1.82) is 0 Å². The van der Waals surface area contributed by atoms with Crippen molar-refractivity contribution >= 4 is 12.0 Å². The molecular formula is C30H34N2O3. The fourth-order valence-corrected chi connectivity index (χ4v) is 7.61. The largest absolute Gasteiger partial charge is 0.504 e. The molecule has 1 N–H and O–H groups in total. The summed E-state index contributed by atoms with van der Waals surface area (Å²) in [5, 5.41) is 10.8. The van der Waals surface area contributed by atoms with E-state index in [0.29, 0.717) is 17.7 Å². The molecule has 2 aromatic rings. The number of likely N-dealkylation sites (N-methyl/N-ethyl adjacent to an activating group) is 1. The summed E-state index contributed by atoms with van der Waals surface area (Å²) in [6.45, 7) is 7.93. The lowest BCUT2D eigenvalue weighted by Crippen LogP contribution is -2.68. The van der Waals surface area contributed by atoms with Gasteiger partial charge in [0.25, 0.3) is 0 Å². The minimum absolute atomic E-state index is 0.00758. The van der Waals surface area contributed by atoms with E-state index < -0.39 is 0 Å². The first-order chi connectivity index (χ1) is 16.9. The smallest absolute Gasteiger partial charge is 0.246 e. The number of benzene rings is 2. The SMILES string of the molecule is C=CCN1CC[C@]23c4c5ccc(O)c4O[C@H]2[C@@H](N(C)C(=O)C=Cc2cccc(C)c2)CC[C@H]3[C@H]1C5. The van der Waals surface area contributed by atoms with Crippen LogP contribution in [0.4, 0.5) is 0 Å². The number of piperidine rings is 1. The highest BCUT2D eigenvalue weighted by Gasteiger charge is 2.66. The Morgan fingerprint density at radius 3 is 2.97 bits per heavy atom.